The van der Waals surface area contributed by atoms with Crippen molar-refractivity contribution >= 4 is 11.5 Å². The van der Waals surface area contributed by atoms with E-state index >= 15 is 0 Å². The van der Waals surface area contributed by atoms with E-state index in [9.17, 15) is 9.18 Å². The van der Waals surface area contributed by atoms with Crippen LogP contribution in [0.25, 0.3) is 0 Å². The van der Waals surface area contributed by atoms with Gasteiger partial charge in [0.1, 0.15) is 11.6 Å². The molecule has 1 aliphatic rings. The predicted molar refractivity (Wildman–Crippen MR) is 79.1 cm³/mol. The lowest BCUT2D eigenvalue weighted by atomic mass is 10.0. The third-order valence-electron chi connectivity index (χ3n) is 3.49. The van der Waals surface area contributed by atoms with Crippen molar-refractivity contribution in [1.29, 1.82) is 0 Å². The highest BCUT2D eigenvalue weighted by molar-refractivity contribution is 5.96. The molecule has 1 unspecified atom stereocenters. The molecule has 0 bridgehead atoms. The van der Waals surface area contributed by atoms with Crippen LogP contribution in [0.1, 0.15) is 41.9 Å². The van der Waals surface area contributed by atoms with E-state index in [1.165, 1.54) is 12.1 Å². The number of ether oxygens (including phenoxy) is 1. The lowest BCUT2D eigenvalue weighted by Crippen LogP contribution is -2.10. The van der Waals surface area contributed by atoms with E-state index < -0.39 is 0 Å². The van der Waals surface area contributed by atoms with Crippen molar-refractivity contribution in [1.82, 2.24) is 0 Å². The highest BCUT2D eigenvalue weighted by atomic mass is 19.1. The van der Waals surface area contributed by atoms with Crippen molar-refractivity contribution < 1.29 is 13.9 Å². The van der Waals surface area contributed by atoms with Gasteiger partial charge in [0.2, 0.25) is 0 Å². The molecular formula is C17H16FNO2. The molecule has 1 atom stereocenters. The zero-order chi connectivity index (χ0) is 14.8. The lowest BCUT2D eigenvalue weighted by Gasteiger charge is -2.12. The number of benzene rings is 2. The van der Waals surface area contributed by atoms with Gasteiger partial charge in [-0.15, -0.1) is 0 Å². The van der Waals surface area contributed by atoms with Crippen LogP contribution < -0.4 is 10.1 Å². The Kier molecular flexibility index (Phi) is 3.60. The highest BCUT2D eigenvalue weighted by Crippen LogP contribution is 2.38. The average Bonchev–Trinajstić information content (AvgIpc) is 2.90. The van der Waals surface area contributed by atoms with Gasteiger partial charge in [0.25, 0.3) is 0 Å². The van der Waals surface area contributed by atoms with Gasteiger partial charge in [-0.05, 0) is 18.6 Å². The van der Waals surface area contributed by atoms with Gasteiger partial charge in [-0.25, -0.2) is 4.39 Å². The molecule has 1 aliphatic heterocycles. The first-order valence-electron chi connectivity index (χ1n) is 7.03. The van der Waals surface area contributed by atoms with Gasteiger partial charge < -0.3 is 10.1 Å². The number of nitrogens with one attached hydrogen (secondary N) is 1. The maximum Gasteiger partial charge on any atom is 0.196 e. The number of carbonyl (C=O) groups excluding carboxylic acids is 1. The molecule has 2 aromatic rings. The minimum atomic E-state index is -0.350. The molecule has 1 heterocycles. The van der Waals surface area contributed by atoms with Crippen LogP contribution in [0.2, 0.25) is 0 Å². The maximum atomic E-state index is 13.2. The molecule has 2 aromatic carbocycles. The molecule has 0 aliphatic carbocycles. The molecule has 3 nitrogen and oxygen atoms in total. The van der Waals surface area contributed by atoms with Crippen molar-refractivity contribution in [2.75, 3.05) is 5.32 Å². The molecule has 0 fully saturated rings. The average molecular weight is 285 g/mol. The Labute approximate surface area is 122 Å². The van der Waals surface area contributed by atoms with Crippen LogP contribution in [-0.2, 0) is 0 Å². The zero-order valence-corrected chi connectivity index (χ0v) is 11.7. The van der Waals surface area contributed by atoms with Crippen LogP contribution in [0.5, 0.6) is 5.75 Å². The van der Waals surface area contributed by atoms with E-state index in [0.29, 0.717) is 17.7 Å². The second kappa shape index (κ2) is 5.56. The molecule has 21 heavy (non-hydrogen) atoms. The second-order valence-corrected chi connectivity index (χ2v) is 5.08. The summed E-state index contributed by atoms with van der Waals surface area (Å²) in [7, 11) is 0. The molecule has 0 saturated heterocycles. The molecule has 3 rings (SSSR count). The summed E-state index contributed by atoms with van der Waals surface area (Å²) in [6.45, 7) is 1.99. The smallest absolute Gasteiger partial charge is 0.196 e. The summed E-state index contributed by atoms with van der Waals surface area (Å²) in [4.78, 5) is 11.8. The third kappa shape index (κ3) is 2.75. The number of fused-ring (bicyclic) bond motifs is 1. The Morgan fingerprint density at radius 3 is 2.71 bits per heavy atom. The van der Waals surface area contributed by atoms with E-state index in [4.69, 9.17) is 4.74 Å². The first-order valence-corrected chi connectivity index (χ1v) is 7.03. The molecule has 0 saturated carbocycles. The van der Waals surface area contributed by atoms with Crippen LogP contribution in [0.3, 0.4) is 0 Å². The topological polar surface area (TPSA) is 38.3 Å². The fraction of sp³-hybridized carbons (Fsp3) is 0.235. The molecule has 4 heteroatoms. The number of carbonyl (C=O) groups is 1. The normalized spacial score (nSPS) is 16.0. The first-order chi connectivity index (χ1) is 10.2. The Bertz CT molecular complexity index is 667. The number of hydrogen-bond acceptors (Lipinski definition) is 3. The largest absolute Gasteiger partial charge is 0.464 e. The van der Waals surface area contributed by atoms with E-state index in [1.807, 2.05) is 31.2 Å². The standard InChI is InChI=1S/C17H16FNO2/c1-2-3-15(20)11-4-6-12(7-5-11)17-19-14-9-8-13(18)10-16(14)21-17/h4-10,17,19H,2-3H2,1H3. The van der Waals surface area contributed by atoms with Gasteiger partial charge >= 0.3 is 0 Å². The van der Waals surface area contributed by atoms with Crippen molar-refractivity contribution in [3.8, 4) is 5.75 Å². The third-order valence-corrected chi connectivity index (χ3v) is 3.49. The SMILES string of the molecule is CCCC(=O)c1ccc(C2Nc3ccc(F)cc3O2)cc1. The Morgan fingerprint density at radius 1 is 1.24 bits per heavy atom. The molecule has 0 spiro atoms. The summed E-state index contributed by atoms with van der Waals surface area (Å²) in [5, 5.41) is 3.18. The van der Waals surface area contributed by atoms with Gasteiger partial charge in [-0.2, -0.15) is 0 Å². The Balaban J connectivity index is 1.76. The Hall–Kier alpha value is -2.36. The number of rotatable bonds is 4. The van der Waals surface area contributed by atoms with Crippen molar-refractivity contribution in [3.05, 3.63) is 59.4 Å². The Morgan fingerprint density at radius 2 is 2.00 bits per heavy atom. The van der Waals surface area contributed by atoms with Gasteiger partial charge in [0, 0.05) is 23.6 Å². The van der Waals surface area contributed by atoms with Crippen molar-refractivity contribution in [2.45, 2.75) is 26.0 Å². The van der Waals surface area contributed by atoms with E-state index in [2.05, 4.69) is 5.32 Å². The lowest BCUT2D eigenvalue weighted by molar-refractivity contribution is 0.0981. The predicted octanol–water partition coefficient (Wildman–Crippen LogP) is 4.31. The fourth-order valence-corrected chi connectivity index (χ4v) is 2.38. The van der Waals surface area contributed by atoms with Crippen LogP contribution in [0, 0.1) is 5.82 Å². The maximum absolute atomic E-state index is 13.2. The summed E-state index contributed by atoms with van der Waals surface area (Å²) >= 11 is 0. The van der Waals surface area contributed by atoms with E-state index in [-0.39, 0.29) is 17.8 Å². The number of halogens is 1. The fourth-order valence-electron chi connectivity index (χ4n) is 2.38. The highest BCUT2D eigenvalue weighted by Gasteiger charge is 2.23. The second-order valence-electron chi connectivity index (χ2n) is 5.08. The van der Waals surface area contributed by atoms with Crippen LogP contribution in [0.4, 0.5) is 10.1 Å². The van der Waals surface area contributed by atoms with Crippen molar-refractivity contribution in [2.24, 2.45) is 0 Å². The van der Waals surface area contributed by atoms with E-state index in [1.54, 1.807) is 6.07 Å². The van der Waals surface area contributed by atoms with Gasteiger partial charge in [-0.3, -0.25) is 4.79 Å². The van der Waals surface area contributed by atoms with Crippen LogP contribution >= 0.6 is 0 Å². The van der Waals surface area contributed by atoms with Gasteiger partial charge in [0.05, 0.1) is 5.69 Å². The van der Waals surface area contributed by atoms with Crippen LogP contribution in [-0.4, -0.2) is 5.78 Å². The summed E-state index contributed by atoms with van der Waals surface area (Å²) in [6, 6.07) is 11.8. The van der Waals surface area contributed by atoms with E-state index in [0.717, 1.165) is 17.7 Å². The zero-order valence-electron chi connectivity index (χ0n) is 11.7. The molecule has 108 valence electrons. The minimum absolute atomic E-state index is 0.148. The van der Waals surface area contributed by atoms with Crippen LogP contribution in [0.15, 0.2) is 42.5 Å². The van der Waals surface area contributed by atoms with Gasteiger partial charge in [0.15, 0.2) is 12.0 Å². The summed E-state index contributed by atoms with van der Waals surface area (Å²) < 4.78 is 18.8. The quantitative estimate of drug-likeness (QED) is 0.851. The number of hydrogen-bond donors (Lipinski definition) is 1. The summed E-state index contributed by atoms with van der Waals surface area (Å²) in [6.07, 6.45) is 1.05. The molecule has 0 aromatic heterocycles. The summed E-state index contributed by atoms with van der Waals surface area (Å²) in [5.41, 5.74) is 2.38. The molecule has 0 amide bonds. The molecular weight excluding hydrogens is 269 g/mol. The number of Topliss-reactive ketones (excluding diaryl/α,β-unsaturated/α-hetero) is 1. The minimum Gasteiger partial charge on any atom is -0.464 e. The van der Waals surface area contributed by atoms with Gasteiger partial charge in [-0.1, -0.05) is 31.2 Å². The number of anilines is 1. The van der Waals surface area contributed by atoms with Crippen molar-refractivity contribution in [3.63, 3.8) is 0 Å². The molecule has 0 radical (unpaired) electrons. The number of ketones is 1. The monoisotopic (exact) mass is 285 g/mol. The first kappa shape index (κ1) is 13.6. The summed E-state index contributed by atoms with van der Waals surface area (Å²) in [5.74, 6) is 0.331. The molecule has 1 N–H and O–H groups in total.